The highest BCUT2D eigenvalue weighted by Crippen LogP contribution is 2.51. The largest absolute Gasteiger partial charge is 0.472 e. The molecule has 1 aromatic rings. The number of hydrogen-bond donors (Lipinski definition) is 2. The number of H-pyrrole nitrogens is 1. The molecule has 0 saturated carbocycles. The average molecular weight is 500 g/mol. The Bertz CT molecular complexity index is 984. The van der Waals surface area contributed by atoms with Crippen molar-refractivity contribution in [1.82, 2.24) is 9.55 Å². The van der Waals surface area contributed by atoms with Crippen LogP contribution in [0.2, 0.25) is 0 Å². The van der Waals surface area contributed by atoms with E-state index in [-0.39, 0.29) is 13.2 Å². The normalized spacial score (nSPS) is 25.9. The van der Waals surface area contributed by atoms with Crippen molar-refractivity contribution in [3.8, 4) is 0 Å². The van der Waals surface area contributed by atoms with Gasteiger partial charge in [0.05, 0.1) is 13.2 Å². The van der Waals surface area contributed by atoms with Gasteiger partial charge in [-0.3, -0.25) is 28.0 Å². The molecule has 2 rings (SSSR count). The fraction of sp³-hybridized carbons (Fsp3) is 0.625. The molecular formula is C16H26N2O12P2. The molecule has 0 spiro atoms. The van der Waals surface area contributed by atoms with E-state index in [0.717, 1.165) is 23.6 Å². The van der Waals surface area contributed by atoms with Gasteiger partial charge >= 0.3 is 21.1 Å². The molecular weight excluding hydrogens is 474 g/mol. The number of rotatable bonds is 12. The number of phosphoric acid groups is 1. The standard InChI is InChI=1S/C16H26N2O12P2/c1-24-8-9-28-14-13(30-32(22,23)27-4)11(6-10-31(21,25-2)26-3)29-15(14)18-7-5-12(19)17-16(18)20/h5-7,10-11,13-15H,8-9H2,1-4H3,(H,22,23)(H,17,19,20)/b10-6+/t11-,13-,14-,15-/m1/s1. The lowest BCUT2D eigenvalue weighted by atomic mass is 10.1. The van der Waals surface area contributed by atoms with E-state index in [2.05, 4.69) is 9.51 Å². The lowest BCUT2D eigenvalue weighted by Gasteiger charge is -2.25. The number of nitrogens with zero attached hydrogens (tertiary/aromatic N) is 1. The third-order valence-corrected chi connectivity index (χ3v) is 6.93. The van der Waals surface area contributed by atoms with Crippen molar-refractivity contribution in [2.24, 2.45) is 0 Å². The molecule has 2 N–H and O–H groups in total. The second-order valence-electron chi connectivity index (χ2n) is 6.30. The Morgan fingerprint density at radius 2 is 1.81 bits per heavy atom. The fourth-order valence-electron chi connectivity index (χ4n) is 2.82. The van der Waals surface area contributed by atoms with Gasteiger partial charge in [-0.1, -0.05) is 0 Å². The minimum atomic E-state index is -4.55. The molecule has 0 aromatic carbocycles. The van der Waals surface area contributed by atoms with E-state index in [0.29, 0.717) is 0 Å². The summed E-state index contributed by atoms with van der Waals surface area (Å²) in [5.41, 5.74) is -1.45. The summed E-state index contributed by atoms with van der Waals surface area (Å²) in [7, 11) is -3.43. The maximum Gasteiger partial charge on any atom is 0.472 e. The lowest BCUT2D eigenvalue weighted by Crippen LogP contribution is -2.40. The van der Waals surface area contributed by atoms with Crippen molar-refractivity contribution in [3.63, 3.8) is 0 Å². The number of aromatic amines is 1. The van der Waals surface area contributed by atoms with Gasteiger partial charge in [-0.2, -0.15) is 0 Å². The highest BCUT2D eigenvalue weighted by Gasteiger charge is 2.49. The van der Waals surface area contributed by atoms with E-state index in [1.807, 2.05) is 0 Å². The smallest absolute Gasteiger partial charge is 0.382 e. The molecule has 0 amide bonds. The van der Waals surface area contributed by atoms with Gasteiger partial charge in [0.2, 0.25) is 0 Å². The van der Waals surface area contributed by atoms with E-state index in [4.69, 9.17) is 27.8 Å². The number of aromatic nitrogens is 2. The van der Waals surface area contributed by atoms with Crippen LogP contribution in [0, 0.1) is 0 Å². The summed E-state index contributed by atoms with van der Waals surface area (Å²) in [5.74, 6) is 1.08. The van der Waals surface area contributed by atoms with Gasteiger partial charge in [0.25, 0.3) is 5.56 Å². The zero-order valence-electron chi connectivity index (χ0n) is 17.8. The molecule has 2 heterocycles. The summed E-state index contributed by atoms with van der Waals surface area (Å²) < 4.78 is 61.5. The molecule has 16 heteroatoms. The van der Waals surface area contributed by atoms with Gasteiger partial charge in [0, 0.05) is 46.5 Å². The number of methoxy groups -OCH3 is 1. The molecule has 0 radical (unpaired) electrons. The highest BCUT2D eigenvalue weighted by atomic mass is 31.2. The van der Waals surface area contributed by atoms with Crippen molar-refractivity contribution in [2.75, 3.05) is 41.7 Å². The van der Waals surface area contributed by atoms with E-state index in [9.17, 15) is 23.6 Å². The zero-order valence-corrected chi connectivity index (χ0v) is 19.6. The van der Waals surface area contributed by atoms with Gasteiger partial charge in [-0.15, -0.1) is 0 Å². The maximum absolute atomic E-state index is 12.4. The molecule has 5 atom stereocenters. The quantitative estimate of drug-likeness (QED) is 0.303. The third kappa shape index (κ3) is 6.78. The first kappa shape index (κ1) is 26.8. The van der Waals surface area contributed by atoms with Crippen molar-refractivity contribution in [1.29, 1.82) is 0 Å². The van der Waals surface area contributed by atoms with E-state index < -0.39 is 51.2 Å². The van der Waals surface area contributed by atoms with Crippen LogP contribution in [0.25, 0.3) is 0 Å². The molecule has 1 aliphatic rings. The van der Waals surface area contributed by atoms with Gasteiger partial charge in [-0.25, -0.2) is 9.36 Å². The summed E-state index contributed by atoms with van der Waals surface area (Å²) in [5, 5.41) is 0. The Hall–Kier alpha value is -1.44. The Morgan fingerprint density at radius 3 is 2.38 bits per heavy atom. The lowest BCUT2D eigenvalue weighted by molar-refractivity contribution is -0.0777. The number of nitrogens with one attached hydrogen (secondary N) is 1. The number of hydrogen-bond acceptors (Lipinski definition) is 11. The average Bonchev–Trinajstić information content (AvgIpc) is 3.08. The maximum atomic E-state index is 12.4. The number of phosphoric ester groups is 1. The Morgan fingerprint density at radius 1 is 1.12 bits per heavy atom. The Labute approximate surface area is 183 Å². The molecule has 0 bridgehead atoms. The van der Waals surface area contributed by atoms with Gasteiger partial charge in [-0.05, 0) is 6.08 Å². The first-order valence-electron chi connectivity index (χ1n) is 9.14. The van der Waals surface area contributed by atoms with Crippen molar-refractivity contribution >= 4 is 15.4 Å². The van der Waals surface area contributed by atoms with E-state index in [1.165, 1.54) is 33.6 Å². The van der Waals surface area contributed by atoms with Crippen molar-refractivity contribution in [3.05, 3.63) is 45.0 Å². The summed E-state index contributed by atoms with van der Waals surface area (Å²) in [6.45, 7) is 0.160. The summed E-state index contributed by atoms with van der Waals surface area (Å²) >= 11 is 0. The molecule has 1 fully saturated rings. The van der Waals surface area contributed by atoms with Crippen LogP contribution in [-0.2, 0) is 41.4 Å². The second kappa shape index (κ2) is 11.6. The van der Waals surface area contributed by atoms with Crippen LogP contribution in [0.3, 0.4) is 0 Å². The predicted octanol–water partition coefficient (Wildman–Crippen LogP) is 0.597. The van der Waals surface area contributed by atoms with Gasteiger partial charge in [0.15, 0.2) is 6.23 Å². The third-order valence-electron chi connectivity index (χ3n) is 4.40. The van der Waals surface area contributed by atoms with E-state index in [1.54, 1.807) is 0 Å². The van der Waals surface area contributed by atoms with Gasteiger partial charge < -0.3 is 28.2 Å². The molecule has 182 valence electrons. The fourth-order valence-corrected chi connectivity index (χ4v) is 4.23. The monoisotopic (exact) mass is 500 g/mol. The molecule has 1 unspecified atom stereocenters. The minimum absolute atomic E-state index is 0.00672. The molecule has 32 heavy (non-hydrogen) atoms. The first-order chi connectivity index (χ1) is 15.1. The molecule has 0 aliphatic carbocycles. The van der Waals surface area contributed by atoms with Crippen LogP contribution in [0.4, 0.5) is 0 Å². The van der Waals surface area contributed by atoms with Gasteiger partial charge in [0.1, 0.15) is 18.3 Å². The molecule has 1 aromatic heterocycles. The van der Waals surface area contributed by atoms with Crippen LogP contribution in [0.1, 0.15) is 6.23 Å². The summed E-state index contributed by atoms with van der Waals surface area (Å²) in [4.78, 5) is 35.8. The Balaban J connectivity index is 2.51. The number of ether oxygens (including phenoxy) is 3. The Kier molecular flexibility index (Phi) is 9.73. The van der Waals surface area contributed by atoms with Crippen LogP contribution < -0.4 is 11.2 Å². The topological polar surface area (TPSA) is 174 Å². The molecule has 1 saturated heterocycles. The zero-order chi connectivity index (χ0) is 23.9. The first-order valence-corrected chi connectivity index (χ1v) is 12.3. The van der Waals surface area contributed by atoms with Crippen molar-refractivity contribution < 1.29 is 46.3 Å². The highest BCUT2D eigenvalue weighted by molar-refractivity contribution is 7.57. The van der Waals surface area contributed by atoms with Crippen LogP contribution >= 0.6 is 15.4 Å². The van der Waals surface area contributed by atoms with Crippen LogP contribution in [0.5, 0.6) is 0 Å². The molecule has 14 nitrogen and oxygen atoms in total. The summed E-state index contributed by atoms with van der Waals surface area (Å²) in [6.07, 6.45) is -2.44. The summed E-state index contributed by atoms with van der Waals surface area (Å²) in [6, 6.07) is 1.09. The second-order valence-corrected chi connectivity index (χ2v) is 9.93. The minimum Gasteiger partial charge on any atom is -0.382 e. The molecule has 1 aliphatic heterocycles. The van der Waals surface area contributed by atoms with Crippen LogP contribution in [0.15, 0.2) is 33.7 Å². The van der Waals surface area contributed by atoms with Crippen molar-refractivity contribution in [2.45, 2.75) is 24.5 Å². The van der Waals surface area contributed by atoms with Crippen LogP contribution in [-0.4, -0.2) is 74.4 Å². The SMILES string of the molecule is COCCO[C@@H]1[C@H](OP(=O)(O)OC)[C@@H](/C=C/P(=O)(OC)OC)O[C@H]1n1ccc(=O)[nH]c1=O. The van der Waals surface area contributed by atoms with E-state index >= 15 is 0 Å². The predicted molar refractivity (Wildman–Crippen MR) is 109 cm³/mol.